The van der Waals surface area contributed by atoms with E-state index in [1.54, 1.807) is 0 Å². The fourth-order valence-electron chi connectivity index (χ4n) is 1.59. The zero-order valence-electron chi connectivity index (χ0n) is 12.3. The van der Waals surface area contributed by atoms with E-state index in [2.05, 4.69) is 25.5 Å². The molecule has 2 rings (SSSR count). The van der Waals surface area contributed by atoms with Crippen LogP contribution in [0.1, 0.15) is 60.9 Å². The third-order valence-electron chi connectivity index (χ3n) is 2.75. The molecule has 0 aliphatic carbocycles. The Morgan fingerprint density at radius 2 is 2.10 bits per heavy atom. The number of H-pyrrole nitrogens is 1. The van der Waals surface area contributed by atoms with Gasteiger partial charge >= 0.3 is 0 Å². The number of aryl methyl sites for hydroxylation is 1. The highest BCUT2D eigenvalue weighted by Crippen LogP contribution is 2.19. The second kappa shape index (κ2) is 5.32. The molecule has 0 aliphatic rings. The van der Waals surface area contributed by atoms with Crippen LogP contribution in [-0.4, -0.2) is 26.1 Å². The summed E-state index contributed by atoms with van der Waals surface area (Å²) in [7, 11) is 0. The van der Waals surface area contributed by atoms with Gasteiger partial charge in [-0.1, -0.05) is 20.8 Å². The monoisotopic (exact) mass is 293 g/mol. The summed E-state index contributed by atoms with van der Waals surface area (Å²) < 4.78 is 0. The lowest BCUT2D eigenvalue weighted by Gasteiger charge is -2.13. The maximum absolute atomic E-state index is 12.1. The fourth-order valence-corrected chi connectivity index (χ4v) is 2.40. The first-order valence-electron chi connectivity index (χ1n) is 6.43. The minimum atomic E-state index is -0.294. The maximum atomic E-state index is 12.1. The number of rotatable bonds is 3. The van der Waals surface area contributed by atoms with Gasteiger partial charge in [0.25, 0.3) is 5.91 Å². The molecule has 108 valence electrons. The first-order valence-corrected chi connectivity index (χ1v) is 7.31. The van der Waals surface area contributed by atoms with E-state index >= 15 is 0 Å². The summed E-state index contributed by atoms with van der Waals surface area (Å²) in [4.78, 5) is 20.7. The number of carbonyl (C=O) groups is 1. The summed E-state index contributed by atoms with van der Waals surface area (Å²) in [6.45, 7) is 9.86. The van der Waals surface area contributed by atoms with Gasteiger partial charge in [-0.15, -0.1) is 16.4 Å². The van der Waals surface area contributed by atoms with Crippen LogP contribution in [0.4, 0.5) is 0 Å². The number of aromatic nitrogens is 4. The molecule has 0 spiro atoms. The first kappa shape index (κ1) is 14.6. The summed E-state index contributed by atoms with van der Waals surface area (Å²) in [6.07, 6.45) is 0. The molecule has 2 aromatic heterocycles. The van der Waals surface area contributed by atoms with Crippen LogP contribution in [0.3, 0.4) is 0 Å². The highest BCUT2D eigenvalue weighted by atomic mass is 32.1. The largest absolute Gasteiger partial charge is 0.340 e. The molecular weight excluding hydrogens is 274 g/mol. The van der Waals surface area contributed by atoms with Gasteiger partial charge in [0.2, 0.25) is 5.82 Å². The van der Waals surface area contributed by atoms with Crippen LogP contribution < -0.4 is 5.32 Å². The van der Waals surface area contributed by atoms with Gasteiger partial charge in [0.05, 0.1) is 6.04 Å². The van der Waals surface area contributed by atoms with Gasteiger partial charge in [0.15, 0.2) is 0 Å². The van der Waals surface area contributed by atoms with Gasteiger partial charge in [0, 0.05) is 16.5 Å². The van der Waals surface area contributed by atoms with Crippen LogP contribution in [0, 0.1) is 6.92 Å². The molecule has 0 bridgehead atoms. The Bertz CT molecular complexity index is 610. The zero-order chi connectivity index (χ0) is 14.9. The van der Waals surface area contributed by atoms with Crippen molar-refractivity contribution in [3.8, 4) is 0 Å². The number of carbonyl (C=O) groups excluding carboxylic acids is 1. The van der Waals surface area contributed by atoms with Gasteiger partial charge in [0.1, 0.15) is 10.8 Å². The third kappa shape index (κ3) is 3.22. The molecule has 0 aliphatic heterocycles. The lowest BCUT2D eigenvalue weighted by Crippen LogP contribution is -2.27. The second-order valence-corrected chi connectivity index (χ2v) is 6.67. The maximum Gasteiger partial charge on any atom is 0.291 e. The zero-order valence-corrected chi connectivity index (χ0v) is 13.1. The molecule has 2 aromatic rings. The van der Waals surface area contributed by atoms with Crippen LogP contribution in [0.25, 0.3) is 0 Å². The summed E-state index contributed by atoms with van der Waals surface area (Å²) in [6, 6.07) is -0.155. The van der Waals surface area contributed by atoms with Crippen LogP contribution in [0.15, 0.2) is 5.38 Å². The first-order chi connectivity index (χ1) is 9.27. The molecule has 0 saturated carbocycles. The summed E-state index contributed by atoms with van der Waals surface area (Å²) >= 11 is 1.53. The summed E-state index contributed by atoms with van der Waals surface area (Å²) in [5.41, 5.74) is 0.794. The summed E-state index contributed by atoms with van der Waals surface area (Å²) in [5, 5.41) is 12.5. The van der Waals surface area contributed by atoms with E-state index in [-0.39, 0.29) is 23.2 Å². The van der Waals surface area contributed by atoms with E-state index in [0.29, 0.717) is 5.82 Å². The van der Waals surface area contributed by atoms with Gasteiger partial charge < -0.3 is 5.32 Å². The Hall–Kier alpha value is -1.76. The van der Waals surface area contributed by atoms with Crippen LogP contribution >= 0.6 is 11.3 Å². The van der Waals surface area contributed by atoms with Crippen molar-refractivity contribution in [2.24, 2.45) is 0 Å². The SMILES string of the molecule is Cc1csc(C(C)NC(=O)c2n[nH]c(C(C)(C)C)n2)n1. The van der Waals surface area contributed by atoms with E-state index in [9.17, 15) is 4.79 Å². The Kier molecular flexibility index (Phi) is 3.89. The standard InChI is InChI=1S/C13H19N5OS/c1-7-6-20-11(14-7)8(2)15-10(19)9-16-12(18-17-9)13(3,4)5/h6,8H,1-5H3,(H,15,19)(H,16,17,18). The number of hydrogen-bond acceptors (Lipinski definition) is 5. The number of nitrogens with zero attached hydrogens (tertiary/aromatic N) is 3. The fraction of sp³-hybridized carbons (Fsp3) is 0.538. The highest BCUT2D eigenvalue weighted by molar-refractivity contribution is 7.09. The molecule has 20 heavy (non-hydrogen) atoms. The Morgan fingerprint density at radius 3 is 2.60 bits per heavy atom. The summed E-state index contributed by atoms with van der Waals surface area (Å²) in [5.74, 6) is 0.563. The van der Waals surface area contributed by atoms with Crippen LogP contribution in [0.2, 0.25) is 0 Å². The van der Waals surface area contributed by atoms with Crippen molar-refractivity contribution in [2.75, 3.05) is 0 Å². The molecule has 1 unspecified atom stereocenters. The van der Waals surface area contributed by atoms with Gasteiger partial charge in [-0.05, 0) is 13.8 Å². The van der Waals surface area contributed by atoms with Gasteiger partial charge in [-0.25, -0.2) is 9.97 Å². The smallest absolute Gasteiger partial charge is 0.291 e. The minimum Gasteiger partial charge on any atom is -0.340 e. The normalized spacial score (nSPS) is 13.2. The topological polar surface area (TPSA) is 83.6 Å². The molecule has 0 fully saturated rings. The quantitative estimate of drug-likeness (QED) is 0.910. The number of nitrogens with one attached hydrogen (secondary N) is 2. The highest BCUT2D eigenvalue weighted by Gasteiger charge is 2.22. The van der Waals surface area contributed by atoms with Gasteiger partial charge in [-0.3, -0.25) is 9.89 Å². The van der Waals surface area contributed by atoms with Crippen molar-refractivity contribution in [2.45, 2.75) is 46.1 Å². The van der Waals surface area contributed by atoms with Crippen LogP contribution in [-0.2, 0) is 5.41 Å². The van der Waals surface area contributed by atoms with Crippen molar-refractivity contribution in [3.63, 3.8) is 0 Å². The number of amides is 1. The molecule has 0 saturated heterocycles. The Labute approximate surface area is 122 Å². The molecule has 6 nitrogen and oxygen atoms in total. The Balaban J connectivity index is 2.07. The van der Waals surface area contributed by atoms with E-state index in [1.807, 2.05) is 40.0 Å². The lowest BCUT2D eigenvalue weighted by atomic mass is 9.96. The molecule has 0 radical (unpaired) electrons. The van der Waals surface area contributed by atoms with E-state index in [1.165, 1.54) is 11.3 Å². The second-order valence-electron chi connectivity index (χ2n) is 5.78. The van der Waals surface area contributed by atoms with Crippen molar-refractivity contribution in [1.29, 1.82) is 0 Å². The van der Waals surface area contributed by atoms with E-state index in [0.717, 1.165) is 10.7 Å². The van der Waals surface area contributed by atoms with E-state index in [4.69, 9.17) is 0 Å². The Morgan fingerprint density at radius 1 is 1.40 bits per heavy atom. The molecule has 7 heteroatoms. The van der Waals surface area contributed by atoms with Crippen molar-refractivity contribution >= 4 is 17.2 Å². The number of aromatic amines is 1. The predicted octanol–water partition coefficient (Wildman–Crippen LogP) is 2.36. The lowest BCUT2D eigenvalue weighted by molar-refractivity contribution is 0.0929. The number of hydrogen-bond donors (Lipinski definition) is 2. The average molecular weight is 293 g/mol. The molecule has 2 N–H and O–H groups in total. The molecule has 1 amide bonds. The van der Waals surface area contributed by atoms with Crippen molar-refractivity contribution in [3.05, 3.63) is 27.7 Å². The molecule has 0 aromatic carbocycles. The average Bonchev–Trinajstić information content (AvgIpc) is 2.95. The predicted molar refractivity (Wildman–Crippen MR) is 77.8 cm³/mol. The molecular formula is C13H19N5OS. The van der Waals surface area contributed by atoms with E-state index < -0.39 is 0 Å². The van der Waals surface area contributed by atoms with Gasteiger partial charge in [-0.2, -0.15) is 0 Å². The minimum absolute atomic E-state index is 0.155. The van der Waals surface area contributed by atoms with Crippen molar-refractivity contribution in [1.82, 2.24) is 25.5 Å². The van der Waals surface area contributed by atoms with Crippen molar-refractivity contribution < 1.29 is 4.79 Å². The number of thiazole rings is 1. The molecule has 2 heterocycles. The third-order valence-corrected chi connectivity index (χ3v) is 3.90. The molecule has 1 atom stereocenters. The van der Waals surface area contributed by atoms with Crippen LogP contribution in [0.5, 0.6) is 0 Å².